The summed E-state index contributed by atoms with van der Waals surface area (Å²) in [7, 11) is 1.70. The van der Waals surface area contributed by atoms with Crippen molar-refractivity contribution in [2.24, 2.45) is 0 Å². The molecule has 16 heavy (non-hydrogen) atoms. The second-order valence-corrected chi connectivity index (χ2v) is 3.87. The number of imidazole rings is 1. The quantitative estimate of drug-likeness (QED) is 0.751. The number of aromatic amines is 1. The van der Waals surface area contributed by atoms with Crippen LogP contribution in [-0.4, -0.2) is 30.2 Å². The van der Waals surface area contributed by atoms with E-state index in [1.807, 2.05) is 6.07 Å². The zero-order valence-corrected chi connectivity index (χ0v) is 9.71. The Morgan fingerprint density at radius 3 is 3.12 bits per heavy atom. The molecule has 2 N–H and O–H groups in total. The van der Waals surface area contributed by atoms with Gasteiger partial charge in [0.05, 0.1) is 24.2 Å². The molecule has 0 spiro atoms. The van der Waals surface area contributed by atoms with Crippen LogP contribution in [0, 0.1) is 6.92 Å². The van der Waals surface area contributed by atoms with Crippen LogP contribution in [0.3, 0.4) is 0 Å². The molecule has 0 saturated heterocycles. The van der Waals surface area contributed by atoms with E-state index in [1.54, 1.807) is 7.11 Å². The van der Waals surface area contributed by atoms with Crippen LogP contribution in [0.1, 0.15) is 11.4 Å². The summed E-state index contributed by atoms with van der Waals surface area (Å²) in [6.45, 7) is 4.39. The van der Waals surface area contributed by atoms with Gasteiger partial charge in [0.2, 0.25) is 0 Å². The van der Waals surface area contributed by atoms with Gasteiger partial charge in [0.1, 0.15) is 5.82 Å². The van der Waals surface area contributed by atoms with Gasteiger partial charge >= 0.3 is 0 Å². The van der Waals surface area contributed by atoms with Crippen molar-refractivity contribution in [2.45, 2.75) is 13.5 Å². The van der Waals surface area contributed by atoms with Crippen molar-refractivity contribution in [3.63, 3.8) is 0 Å². The number of fused-ring (bicyclic) bond motifs is 1. The van der Waals surface area contributed by atoms with Gasteiger partial charge in [-0.05, 0) is 24.6 Å². The predicted molar refractivity (Wildman–Crippen MR) is 64.4 cm³/mol. The summed E-state index contributed by atoms with van der Waals surface area (Å²) in [5.74, 6) is 0.969. The van der Waals surface area contributed by atoms with Gasteiger partial charge in [-0.2, -0.15) is 0 Å². The third kappa shape index (κ3) is 2.59. The Morgan fingerprint density at radius 1 is 1.44 bits per heavy atom. The molecular weight excluding hydrogens is 202 g/mol. The number of nitrogens with zero attached hydrogens (tertiary/aromatic N) is 1. The lowest BCUT2D eigenvalue weighted by Gasteiger charge is -2.00. The van der Waals surface area contributed by atoms with E-state index in [2.05, 4.69) is 34.3 Å². The van der Waals surface area contributed by atoms with Gasteiger partial charge < -0.3 is 15.0 Å². The molecule has 0 aliphatic carbocycles. The molecule has 0 fully saturated rings. The monoisotopic (exact) mass is 219 g/mol. The van der Waals surface area contributed by atoms with Crippen LogP contribution in [-0.2, 0) is 11.3 Å². The van der Waals surface area contributed by atoms with Crippen LogP contribution in [0.15, 0.2) is 18.2 Å². The molecule has 86 valence electrons. The first-order valence-electron chi connectivity index (χ1n) is 5.44. The molecule has 1 aromatic heterocycles. The fourth-order valence-electron chi connectivity index (χ4n) is 1.64. The maximum atomic E-state index is 4.96. The van der Waals surface area contributed by atoms with E-state index in [0.717, 1.165) is 36.6 Å². The number of ether oxygens (including phenoxy) is 1. The average Bonchev–Trinajstić information content (AvgIpc) is 2.66. The van der Waals surface area contributed by atoms with Crippen molar-refractivity contribution in [1.82, 2.24) is 15.3 Å². The standard InChI is InChI=1S/C12H17N3O/c1-9-3-4-10-11(7-9)15-12(14-10)8-13-5-6-16-2/h3-4,7,13H,5-6,8H2,1-2H3,(H,14,15). The number of hydrogen-bond donors (Lipinski definition) is 2. The lowest BCUT2D eigenvalue weighted by Crippen LogP contribution is -2.19. The summed E-state index contributed by atoms with van der Waals surface area (Å²) in [5, 5.41) is 3.26. The van der Waals surface area contributed by atoms with Gasteiger partial charge in [-0.25, -0.2) is 4.98 Å². The molecule has 0 amide bonds. The Bertz CT molecular complexity index is 464. The molecule has 0 radical (unpaired) electrons. The summed E-state index contributed by atoms with van der Waals surface area (Å²) >= 11 is 0. The molecule has 2 rings (SSSR count). The normalized spacial score (nSPS) is 11.1. The van der Waals surface area contributed by atoms with Gasteiger partial charge in [-0.1, -0.05) is 6.07 Å². The van der Waals surface area contributed by atoms with Gasteiger partial charge in [0.15, 0.2) is 0 Å². The Labute approximate surface area is 95.0 Å². The van der Waals surface area contributed by atoms with Gasteiger partial charge in [-0.15, -0.1) is 0 Å². The molecule has 0 atom stereocenters. The van der Waals surface area contributed by atoms with Crippen molar-refractivity contribution in [3.8, 4) is 0 Å². The van der Waals surface area contributed by atoms with E-state index in [1.165, 1.54) is 5.56 Å². The van der Waals surface area contributed by atoms with E-state index < -0.39 is 0 Å². The van der Waals surface area contributed by atoms with Crippen molar-refractivity contribution in [3.05, 3.63) is 29.6 Å². The van der Waals surface area contributed by atoms with Crippen LogP contribution in [0.4, 0.5) is 0 Å². The average molecular weight is 219 g/mol. The number of rotatable bonds is 5. The molecule has 0 unspecified atom stereocenters. The molecule has 1 heterocycles. The largest absolute Gasteiger partial charge is 0.383 e. The number of nitrogens with one attached hydrogen (secondary N) is 2. The van der Waals surface area contributed by atoms with Gasteiger partial charge in [-0.3, -0.25) is 0 Å². The summed E-state index contributed by atoms with van der Waals surface area (Å²) in [6, 6.07) is 6.23. The van der Waals surface area contributed by atoms with Crippen LogP contribution in [0.25, 0.3) is 11.0 Å². The molecule has 0 aliphatic rings. The summed E-state index contributed by atoms with van der Waals surface area (Å²) < 4.78 is 4.96. The highest BCUT2D eigenvalue weighted by Crippen LogP contribution is 2.12. The predicted octanol–water partition coefficient (Wildman–Crippen LogP) is 1.61. The summed E-state index contributed by atoms with van der Waals surface area (Å²) in [4.78, 5) is 7.79. The van der Waals surface area contributed by atoms with Crippen molar-refractivity contribution in [2.75, 3.05) is 20.3 Å². The highest BCUT2D eigenvalue weighted by Gasteiger charge is 2.01. The molecule has 2 aromatic rings. The van der Waals surface area contributed by atoms with E-state index in [0.29, 0.717) is 0 Å². The zero-order valence-electron chi connectivity index (χ0n) is 9.71. The first-order chi connectivity index (χ1) is 7.79. The van der Waals surface area contributed by atoms with Gasteiger partial charge in [0, 0.05) is 13.7 Å². The minimum Gasteiger partial charge on any atom is -0.383 e. The molecule has 0 bridgehead atoms. The highest BCUT2D eigenvalue weighted by molar-refractivity contribution is 5.75. The molecule has 0 saturated carbocycles. The summed E-state index contributed by atoms with van der Waals surface area (Å²) in [6.07, 6.45) is 0. The molecular formula is C12H17N3O. The van der Waals surface area contributed by atoms with E-state index in [9.17, 15) is 0 Å². The third-order valence-electron chi connectivity index (χ3n) is 2.46. The fourth-order valence-corrected chi connectivity index (χ4v) is 1.64. The zero-order chi connectivity index (χ0) is 11.4. The number of aromatic nitrogens is 2. The lowest BCUT2D eigenvalue weighted by atomic mass is 10.2. The SMILES string of the molecule is COCCNCc1nc2ccc(C)cc2[nH]1. The minimum absolute atomic E-state index is 0.722. The first-order valence-corrected chi connectivity index (χ1v) is 5.44. The Balaban J connectivity index is 2.02. The topological polar surface area (TPSA) is 49.9 Å². The summed E-state index contributed by atoms with van der Waals surface area (Å²) in [5.41, 5.74) is 3.37. The highest BCUT2D eigenvalue weighted by atomic mass is 16.5. The van der Waals surface area contributed by atoms with Crippen LogP contribution in [0.2, 0.25) is 0 Å². The lowest BCUT2D eigenvalue weighted by molar-refractivity contribution is 0.199. The Kier molecular flexibility index (Phi) is 3.54. The minimum atomic E-state index is 0.722. The Hall–Kier alpha value is -1.39. The fraction of sp³-hybridized carbons (Fsp3) is 0.417. The smallest absolute Gasteiger partial charge is 0.121 e. The molecule has 4 heteroatoms. The van der Waals surface area contributed by atoms with Crippen LogP contribution < -0.4 is 5.32 Å². The third-order valence-corrected chi connectivity index (χ3v) is 2.46. The molecule has 1 aromatic carbocycles. The number of aryl methyl sites for hydroxylation is 1. The van der Waals surface area contributed by atoms with E-state index in [4.69, 9.17) is 4.74 Å². The molecule has 0 aliphatic heterocycles. The maximum Gasteiger partial charge on any atom is 0.121 e. The number of methoxy groups -OCH3 is 1. The van der Waals surface area contributed by atoms with Crippen LogP contribution >= 0.6 is 0 Å². The van der Waals surface area contributed by atoms with Gasteiger partial charge in [0.25, 0.3) is 0 Å². The second-order valence-electron chi connectivity index (χ2n) is 3.87. The second kappa shape index (κ2) is 5.09. The molecule has 4 nitrogen and oxygen atoms in total. The maximum absolute atomic E-state index is 4.96. The van der Waals surface area contributed by atoms with Crippen molar-refractivity contribution in [1.29, 1.82) is 0 Å². The van der Waals surface area contributed by atoms with E-state index in [-0.39, 0.29) is 0 Å². The van der Waals surface area contributed by atoms with Crippen molar-refractivity contribution >= 4 is 11.0 Å². The van der Waals surface area contributed by atoms with Crippen molar-refractivity contribution < 1.29 is 4.74 Å². The number of H-pyrrole nitrogens is 1. The first kappa shape index (κ1) is 11.1. The van der Waals surface area contributed by atoms with Crippen LogP contribution in [0.5, 0.6) is 0 Å². The number of benzene rings is 1. The van der Waals surface area contributed by atoms with E-state index >= 15 is 0 Å². The Morgan fingerprint density at radius 2 is 2.31 bits per heavy atom. The number of hydrogen-bond acceptors (Lipinski definition) is 3.